The third kappa shape index (κ3) is 3.23. The van der Waals surface area contributed by atoms with E-state index in [1.54, 1.807) is 18.2 Å². The van der Waals surface area contributed by atoms with Crippen molar-refractivity contribution in [1.82, 2.24) is 9.97 Å². The standard InChI is InChI=1S/C21H14N2O5S/c24-19-18-14(12-4-2-1-3-5-12)10-29-20(18)23-17(22-19)9-26-21(25)13-6-7-15-16(8-13)28-11-27-15/h1-8,10H,9,11H2,(H,22,23,24). The van der Waals surface area contributed by atoms with Crippen LogP contribution >= 0.6 is 11.3 Å². The maximum Gasteiger partial charge on any atom is 0.338 e. The van der Waals surface area contributed by atoms with Crippen molar-refractivity contribution in [2.24, 2.45) is 0 Å². The molecular weight excluding hydrogens is 392 g/mol. The summed E-state index contributed by atoms with van der Waals surface area (Å²) in [6.45, 7) is -0.0121. The van der Waals surface area contributed by atoms with Gasteiger partial charge in [0.25, 0.3) is 5.56 Å². The number of fused-ring (bicyclic) bond motifs is 2. The lowest BCUT2D eigenvalue weighted by molar-refractivity contribution is 0.0462. The molecule has 7 nitrogen and oxygen atoms in total. The Morgan fingerprint density at radius 2 is 1.97 bits per heavy atom. The van der Waals surface area contributed by atoms with Gasteiger partial charge < -0.3 is 19.2 Å². The third-order valence-electron chi connectivity index (χ3n) is 4.53. The summed E-state index contributed by atoms with van der Waals surface area (Å²) in [5, 5.41) is 2.44. The molecule has 1 aliphatic rings. The molecule has 3 heterocycles. The number of nitrogens with zero attached hydrogens (tertiary/aromatic N) is 1. The van der Waals surface area contributed by atoms with Crippen molar-refractivity contribution in [3.05, 3.63) is 75.7 Å². The molecule has 0 saturated heterocycles. The summed E-state index contributed by atoms with van der Waals surface area (Å²) in [5.41, 5.74) is 1.86. The lowest BCUT2D eigenvalue weighted by atomic mass is 10.1. The Bertz CT molecular complexity index is 1280. The maximum absolute atomic E-state index is 12.6. The van der Waals surface area contributed by atoms with E-state index in [1.807, 2.05) is 35.7 Å². The first-order valence-corrected chi connectivity index (χ1v) is 9.69. The number of H-pyrrole nitrogens is 1. The minimum Gasteiger partial charge on any atom is -0.454 e. The monoisotopic (exact) mass is 406 g/mol. The lowest BCUT2D eigenvalue weighted by Gasteiger charge is -2.06. The quantitative estimate of drug-likeness (QED) is 0.519. The molecule has 0 unspecified atom stereocenters. The molecule has 0 saturated carbocycles. The Labute approximate surface area is 168 Å². The number of hydrogen-bond acceptors (Lipinski definition) is 7. The second-order valence-corrected chi connectivity index (χ2v) is 7.21. The zero-order valence-electron chi connectivity index (χ0n) is 15.0. The fourth-order valence-electron chi connectivity index (χ4n) is 3.13. The number of esters is 1. The van der Waals surface area contributed by atoms with Crippen molar-refractivity contribution in [1.29, 1.82) is 0 Å². The van der Waals surface area contributed by atoms with Crippen LogP contribution < -0.4 is 15.0 Å². The van der Waals surface area contributed by atoms with Crippen LogP contribution in [-0.2, 0) is 11.3 Å². The first-order chi connectivity index (χ1) is 14.2. The van der Waals surface area contributed by atoms with Gasteiger partial charge in [-0.3, -0.25) is 4.79 Å². The van der Waals surface area contributed by atoms with Crippen LogP contribution in [0, 0.1) is 0 Å². The Hall–Kier alpha value is -3.65. The number of nitrogens with one attached hydrogen (secondary N) is 1. The van der Waals surface area contributed by atoms with Gasteiger partial charge in [-0.25, -0.2) is 9.78 Å². The van der Waals surface area contributed by atoms with E-state index in [1.165, 1.54) is 11.3 Å². The number of aromatic nitrogens is 2. The normalized spacial score (nSPS) is 12.3. The first-order valence-electron chi connectivity index (χ1n) is 8.81. The van der Waals surface area contributed by atoms with Crippen molar-refractivity contribution in [2.75, 3.05) is 6.79 Å². The molecule has 8 heteroatoms. The molecule has 1 aliphatic heterocycles. The van der Waals surface area contributed by atoms with E-state index in [2.05, 4.69) is 9.97 Å². The molecule has 0 amide bonds. The number of aromatic amines is 1. The number of rotatable bonds is 4. The zero-order chi connectivity index (χ0) is 19.8. The molecule has 144 valence electrons. The number of thiophene rings is 1. The molecule has 0 fully saturated rings. The van der Waals surface area contributed by atoms with Crippen LogP contribution in [0.15, 0.2) is 58.7 Å². The van der Waals surface area contributed by atoms with Gasteiger partial charge in [-0.2, -0.15) is 0 Å². The van der Waals surface area contributed by atoms with Gasteiger partial charge in [0.2, 0.25) is 6.79 Å². The highest BCUT2D eigenvalue weighted by Crippen LogP contribution is 2.33. The van der Waals surface area contributed by atoms with Gasteiger partial charge in [0, 0.05) is 10.9 Å². The Balaban J connectivity index is 1.37. The lowest BCUT2D eigenvalue weighted by Crippen LogP contribution is -2.14. The van der Waals surface area contributed by atoms with E-state index in [0.29, 0.717) is 27.3 Å². The second-order valence-electron chi connectivity index (χ2n) is 6.35. The van der Waals surface area contributed by atoms with Gasteiger partial charge in [-0.15, -0.1) is 11.3 Å². The average molecular weight is 406 g/mol. The Morgan fingerprint density at radius 1 is 1.14 bits per heavy atom. The van der Waals surface area contributed by atoms with Crippen molar-refractivity contribution in [2.45, 2.75) is 6.61 Å². The fourth-order valence-corrected chi connectivity index (χ4v) is 4.10. The van der Waals surface area contributed by atoms with Crippen molar-refractivity contribution < 1.29 is 19.0 Å². The molecule has 0 spiro atoms. The van der Waals surface area contributed by atoms with E-state index in [-0.39, 0.29) is 24.8 Å². The number of hydrogen-bond donors (Lipinski definition) is 1. The van der Waals surface area contributed by atoms with Crippen molar-refractivity contribution in [3.8, 4) is 22.6 Å². The molecule has 0 bridgehead atoms. The first kappa shape index (κ1) is 17.4. The molecule has 5 rings (SSSR count). The van der Waals surface area contributed by atoms with Crippen LogP contribution in [-0.4, -0.2) is 22.7 Å². The van der Waals surface area contributed by atoms with Gasteiger partial charge in [0.05, 0.1) is 10.9 Å². The highest BCUT2D eigenvalue weighted by Gasteiger charge is 2.18. The number of benzene rings is 2. The molecule has 0 aliphatic carbocycles. The summed E-state index contributed by atoms with van der Waals surface area (Å²) >= 11 is 1.38. The molecule has 2 aromatic heterocycles. The van der Waals surface area contributed by atoms with Gasteiger partial charge >= 0.3 is 5.97 Å². The van der Waals surface area contributed by atoms with Gasteiger partial charge in [0.1, 0.15) is 17.3 Å². The van der Waals surface area contributed by atoms with Crippen LogP contribution in [0.25, 0.3) is 21.3 Å². The van der Waals surface area contributed by atoms with Crippen LogP contribution in [0.5, 0.6) is 11.5 Å². The molecule has 29 heavy (non-hydrogen) atoms. The zero-order valence-corrected chi connectivity index (χ0v) is 15.8. The van der Waals surface area contributed by atoms with Crippen molar-refractivity contribution >= 4 is 27.5 Å². The van der Waals surface area contributed by atoms with Crippen LogP contribution in [0.4, 0.5) is 0 Å². The molecule has 4 aromatic rings. The van der Waals surface area contributed by atoms with E-state index in [4.69, 9.17) is 14.2 Å². The van der Waals surface area contributed by atoms with E-state index in [9.17, 15) is 9.59 Å². The second kappa shape index (κ2) is 7.06. The van der Waals surface area contributed by atoms with Gasteiger partial charge in [-0.05, 0) is 23.8 Å². The summed E-state index contributed by atoms with van der Waals surface area (Å²) in [6, 6.07) is 14.5. The summed E-state index contributed by atoms with van der Waals surface area (Å²) in [4.78, 5) is 32.7. The highest BCUT2D eigenvalue weighted by atomic mass is 32.1. The van der Waals surface area contributed by atoms with Crippen LogP contribution in [0.1, 0.15) is 16.2 Å². The number of carbonyl (C=O) groups is 1. The number of ether oxygens (including phenoxy) is 3. The summed E-state index contributed by atoms with van der Waals surface area (Å²) < 4.78 is 15.8. The smallest absolute Gasteiger partial charge is 0.338 e. The minimum atomic E-state index is -0.540. The third-order valence-corrected chi connectivity index (χ3v) is 5.40. The van der Waals surface area contributed by atoms with E-state index >= 15 is 0 Å². The molecule has 2 aromatic carbocycles. The molecule has 1 N–H and O–H groups in total. The predicted octanol–water partition coefficient (Wildman–Crippen LogP) is 3.74. The largest absolute Gasteiger partial charge is 0.454 e. The summed E-state index contributed by atoms with van der Waals surface area (Å²) in [5.74, 6) is 0.838. The van der Waals surface area contributed by atoms with E-state index < -0.39 is 5.97 Å². The predicted molar refractivity (Wildman–Crippen MR) is 107 cm³/mol. The fraction of sp³-hybridized carbons (Fsp3) is 0.0952. The number of carbonyl (C=O) groups excluding carboxylic acids is 1. The highest BCUT2D eigenvalue weighted by molar-refractivity contribution is 7.17. The van der Waals surface area contributed by atoms with Gasteiger partial charge in [-0.1, -0.05) is 30.3 Å². The topological polar surface area (TPSA) is 90.5 Å². The molecular formula is C21H14N2O5S. The summed E-state index contributed by atoms with van der Waals surface area (Å²) in [7, 11) is 0. The Morgan fingerprint density at radius 3 is 2.83 bits per heavy atom. The summed E-state index contributed by atoms with van der Waals surface area (Å²) in [6.07, 6.45) is 0. The van der Waals surface area contributed by atoms with Crippen LogP contribution in [0.3, 0.4) is 0 Å². The van der Waals surface area contributed by atoms with Gasteiger partial charge in [0.15, 0.2) is 11.5 Å². The molecule has 0 radical (unpaired) electrons. The van der Waals surface area contributed by atoms with Crippen LogP contribution in [0.2, 0.25) is 0 Å². The van der Waals surface area contributed by atoms with E-state index in [0.717, 1.165) is 11.1 Å². The maximum atomic E-state index is 12.6. The minimum absolute atomic E-state index is 0.130. The SMILES string of the molecule is O=C(OCc1nc2scc(-c3ccccc3)c2c(=O)[nH]1)c1ccc2c(c1)OCO2. The average Bonchev–Trinajstić information content (AvgIpc) is 3.39. The molecule has 0 atom stereocenters. The van der Waals surface area contributed by atoms with Crippen molar-refractivity contribution in [3.63, 3.8) is 0 Å². The Kier molecular flexibility index (Phi) is 4.25.